The van der Waals surface area contributed by atoms with Crippen LogP contribution in [-0.2, 0) is 18.5 Å². The summed E-state index contributed by atoms with van der Waals surface area (Å²) in [6, 6.07) is 12.6. The number of rotatable bonds is 6. The molecule has 0 radical (unpaired) electrons. The van der Waals surface area contributed by atoms with Gasteiger partial charge < -0.3 is 9.15 Å². The highest BCUT2D eigenvalue weighted by molar-refractivity contribution is 7.98. The van der Waals surface area contributed by atoms with Gasteiger partial charge in [-0.25, -0.2) is 0 Å². The SMILES string of the molecule is Cc1cccc(OCc2nnc(SCc3ccc(C(F)(F)F)cc3)o2)c1. The molecule has 1 aromatic heterocycles. The highest BCUT2D eigenvalue weighted by atomic mass is 32.2. The number of hydrogen-bond acceptors (Lipinski definition) is 5. The molecule has 0 aliphatic carbocycles. The average Bonchev–Trinajstić information content (AvgIpc) is 3.06. The van der Waals surface area contributed by atoms with Crippen molar-refractivity contribution < 1.29 is 22.3 Å². The van der Waals surface area contributed by atoms with E-state index in [0.717, 1.165) is 23.3 Å². The largest absolute Gasteiger partial charge is 0.484 e. The van der Waals surface area contributed by atoms with Gasteiger partial charge in [-0.05, 0) is 42.3 Å². The molecule has 0 aliphatic rings. The Labute approximate surface area is 152 Å². The maximum atomic E-state index is 12.5. The molecule has 0 unspecified atom stereocenters. The fourth-order valence-corrected chi connectivity index (χ4v) is 2.88. The molecule has 0 saturated heterocycles. The van der Waals surface area contributed by atoms with E-state index in [9.17, 15) is 13.2 Å². The Balaban J connectivity index is 1.52. The molecule has 4 nitrogen and oxygen atoms in total. The van der Waals surface area contributed by atoms with Gasteiger partial charge in [0.05, 0.1) is 5.56 Å². The van der Waals surface area contributed by atoms with Gasteiger partial charge in [0.25, 0.3) is 11.1 Å². The molecule has 2 aromatic carbocycles. The van der Waals surface area contributed by atoms with Gasteiger partial charge in [-0.3, -0.25) is 0 Å². The maximum Gasteiger partial charge on any atom is 0.416 e. The number of aromatic nitrogens is 2. The van der Waals surface area contributed by atoms with Crippen LogP contribution in [0.15, 0.2) is 58.2 Å². The second kappa shape index (κ2) is 7.82. The van der Waals surface area contributed by atoms with Crippen LogP contribution in [0.4, 0.5) is 13.2 Å². The lowest BCUT2D eigenvalue weighted by Gasteiger charge is -2.06. The molecule has 1 heterocycles. The van der Waals surface area contributed by atoms with Crippen LogP contribution in [0.5, 0.6) is 5.75 Å². The zero-order valence-electron chi connectivity index (χ0n) is 13.8. The third kappa shape index (κ3) is 5.01. The van der Waals surface area contributed by atoms with E-state index in [-0.39, 0.29) is 6.61 Å². The van der Waals surface area contributed by atoms with Crippen molar-refractivity contribution in [2.45, 2.75) is 30.7 Å². The van der Waals surface area contributed by atoms with Crippen molar-refractivity contribution in [2.24, 2.45) is 0 Å². The van der Waals surface area contributed by atoms with Crippen molar-refractivity contribution in [1.29, 1.82) is 0 Å². The van der Waals surface area contributed by atoms with E-state index >= 15 is 0 Å². The van der Waals surface area contributed by atoms with Crippen LogP contribution in [0, 0.1) is 6.92 Å². The molecule has 26 heavy (non-hydrogen) atoms. The Hall–Kier alpha value is -2.48. The van der Waals surface area contributed by atoms with Gasteiger partial charge in [0.15, 0.2) is 6.61 Å². The fourth-order valence-electron chi connectivity index (χ4n) is 2.14. The summed E-state index contributed by atoms with van der Waals surface area (Å²) >= 11 is 1.25. The van der Waals surface area contributed by atoms with Gasteiger partial charge in [0.2, 0.25) is 0 Å². The van der Waals surface area contributed by atoms with Gasteiger partial charge in [0.1, 0.15) is 5.75 Å². The Kier molecular flexibility index (Phi) is 5.51. The summed E-state index contributed by atoms with van der Waals surface area (Å²) in [6.07, 6.45) is -4.33. The molecular weight excluding hydrogens is 365 g/mol. The van der Waals surface area contributed by atoms with E-state index in [4.69, 9.17) is 9.15 Å². The van der Waals surface area contributed by atoms with E-state index in [1.54, 1.807) is 0 Å². The first-order chi connectivity index (χ1) is 12.4. The highest BCUT2D eigenvalue weighted by Gasteiger charge is 2.29. The molecule has 136 valence electrons. The number of alkyl halides is 3. The summed E-state index contributed by atoms with van der Waals surface area (Å²) in [5.41, 5.74) is 1.15. The van der Waals surface area contributed by atoms with Gasteiger partial charge in [-0.1, -0.05) is 36.0 Å². The van der Waals surface area contributed by atoms with E-state index in [1.165, 1.54) is 23.9 Å². The van der Waals surface area contributed by atoms with Crippen LogP contribution in [0.2, 0.25) is 0 Å². The van der Waals surface area contributed by atoms with Crippen molar-refractivity contribution in [3.8, 4) is 5.75 Å². The Bertz CT molecular complexity index is 863. The molecule has 0 saturated carbocycles. The first kappa shape index (κ1) is 18.3. The molecule has 0 aliphatic heterocycles. The summed E-state index contributed by atoms with van der Waals surface area (Å²) in [4.78, 5) is 0. The van der Waals surface area contributed by atoms with Crippen LogP contribution in [0.3, 0.4) is 0 Å². The molecule has 0 amide bonds. The van der Waals surface area contributed by atoms with Crippen LogP contribution < -0.4 is 4.74 Å². The highest BCUT2D eigenvalue weighted by Crippen LogP contribution is 2.30. The molecule has 0 spiro atoms. The Morgan fingerprint density at radius 2 is 1.85 bits per heavy atom. The maximum absolute atomic E-state index is 12.5. The van der Waals surface area contributed by atoms with E-state index in [2.05, 4.69) is 10.2 Å². The molecule has 0 fully saturated rings. The molecule has 8 heteroatoms. The van der Waals surface area contributed by atoms with Crippen molar-refractivity contribution in [3.05, 3.63) is 71.1 Å². The van der Waals surface area contributed by atoms with Gasteiger partial charge in [0, 0.05) is 5.75 Å². The quantitative estimate of drug-likeness (QED) is 0.546. The van der Waals surface area contributed by atoms with E-state index in [1.807, 2.05) is 31.2 Å². The summed E-state index contributed by atoms with van der Waals surface area (Å²) in [7, 11) is 0. The number of nitrogens with zero attached hydrogens (tertiary/aromatic N) is 2. The van der Waals surface area contributed by atoms with E-state index in [0.29, 0.717) is 22.6 Å². The summed E-state index contributed by atoms with van der Waals surface area (Å²) < 4.78 is 48.7. The molecule has 0 bridgehead atoms. The second-order valence-corrected chi connectivity index (χ2v) is 6.48. The monoisotopic (exact) mass is 380 g/mol. The van der Waals surface area contributed by atoms with Gasteiger partial charge in [-0.2, -0.15) is 13.2 Å². The zero-order valence-corrected chi connectivity index (χ0v) is 14.6. The van der Waals surface area contributed by atoms with Crippen LogP contribution >= 0.6 is 11.8 Å². The topological polar surface area (TPSA) is 48.2 Å². The lowest BCUT2D eigenvalue weighted by molar-refractivity contribution is -0.137. The number of ether oxygens (including phenoxy) is 1. The number of halogens is 3. The standard InChI is InChI=1S/C18H15F3N2O2S/c1-12-3-2-4-15(9-12)24-10-16-22-23-17(25-16)26-11-13-5-7-14(8-6-13)18(19,20)21/h2-9H,10-11H2,1H3. The molecule has 0 N–H and O–H groups in total. The first-order valence-electron chi connectivity index (χ1n) is 7.71. The second-order valence-electron chi connectivity index (χ2n) is 5.55. The van der Waals surface area contributed by atoms with Crippen LogP contribution in [0.1, 0.15) is 22.6 Å². The molecule has 0 atom stereocenters. The minimum Gasteiger partial charge on any atom is -0.484 e. The number of aryl methyl sites for hydroxylation is 1. The predicted molar refractivity (Wildman–Crippen MR) is 90.8 cm³/mol. The van der Waals surface area contributed by atoms with Crippen LogP contribution in [0.25, 0.3) is 0 Å². The van der Waals surface area contributed by atoms with Crippen molar-refractivity contribution in [2.75, 3.05) is 0 Å². The van der Waals surface area contributed by atoms with Crippen LogP contribution in [-0.4, -0.2) is 10.2 Å². The fraction of sp³-hybridized carbons (Fsp3) is 0.222. The molecular formula is C18H15F3N2O2S. The minimum atomic E-state index is -4.33. The summed E-state index contributed by atoms with van der Waals surface area (Å²) in [5, 5.41) is 8.15. The average molecular weight is 380 g/mol. The van der Waals surface area contributed by atoms with Crippen molar-refractivity contribution in [1.82, 2.24) is 10.2 Å². The number of benzene rings is 2. The van der Waals surface area contributed by atoms with Gasteiger partial charge in [-0.15, -0.1) is 10.2 Å². The van der Waals surface area contributed by atoms with E-state index < -0.39 is 11.7 Å². The third-order valence-corrected chi connectivity index (χ3v) is 4.33. The predicted octanol–water partition coefficient (Wildman–Crippen LogP) is 5.27. The third-order valence-electron chi connectivity index (χ3n) is 3.44. The van der Waals surface area contributed by atoms with Crippen molar-refractivity contribution >= 4 is 11.8 Å². The van der Waals surface area contributed by atoms with Gasteiger partial charge >= 0.3 is 6.18 Å². The lowest BCUT2D eigenvalue weighted by atomic mass is 10.1. The normalized spacial score (nSPS) is 11.5. The molecule has 3 aromatic rings. The Morgan fingerprint density at radius 1 is 1.08 bits per heavy atom. The first-order valence-corrected chi connectivity index (χ1v) is 8.69. The smallest absolute Gasteiger partial charge is 0.416 e. The van der Waals surface area contributed by atoms with Crippen molar-refractivity contribution in [3.63, 3.8) is 0 Å². The Morgan fingerprint density at radius 3 is 2.54 bits per heavy atom. The summed E-state index contributed by atoms with van der Waals surface area (Å²) in [6.45, 7) is 2.12. The number of hydrogen-bond donors (Lipinski definition) is 0. The summed E-state index contributed by atoms with van der Waals surface area (Å²) in [5.74, 6) is 1.47. The zero-order chi connectivity index (χ0) is 18.6. The minimum absolute atomic E-state index is 0.150. The molecule has 3 rings (SSSR count). The number of thioether (sulfide) groups is 1. The lowest BCUT2D eigenvalue weighted by Crippen LogP contribution is -2.04.